The lowest BCUT2D eigenvalue weighted by atomic mass is 10.2. The molecule has 0 saturated heterocycles. The topological polar surface area (TPSA) is 90.3 Å². The summed E-state index contributed by atoms with van der Waals surface area (Å²) in [6.07, 6.45) is 3.71. The summed E-state index contributed by atoms with van der Waals surface area (Å²) in [6.45, 7) is -0.205. The minimum atomic E-state index is -0.723. The van der Waals surface area contributed by atoms with Crippen molar-refractivity contribution in [1.82, 2.24) is 14.9 Å². The molecule has 0 saturated carbocycles. The average molecular weight is 349 g/mol. The van der Waals surface area contributed by atoms with E-state index in [0.717, 1.165) is 0 Å². The highest BCUT2D eigenvalue weighted by atomic mass is 32.2. The van der Waals surface area contributed by atoms with Gasteiger partial charge in [0, 0.05) is 0 Å². The zero-order chi connectivity index (χ0) is 17.5. The Morgan fingerprint density at radius 3 is 2.83 bits per heavy atom. The lowest BCUT2D eigenvalue weighted by Crippen LogP contribution is -2.44. The third-order valence-electron chi connectivity index (χ3n) is 3.48. The summed E-state index contributed by atoms with van der Waals surface area (Å²) in [4.78, 5) is 40.4. The number of hydrogen-bond acceptors (Lipinski definition) is 6. The molecule has 1 N–H and O–H groups in total. The molecule has 1 aromatic carbocycles. The number of nitrogens with one attached hydrogen (secondary N) is 1. The predicted octanol–water partition coefficient (Wildman–Crippen LogP) is 0.807. The molecule has 0 aliphatic heterocycles. The lowest BCUT2D eigenvalue weighted by molar-refractivity contribution is -0.145. The maximum Gasteiger partial charge on any atom is 0.328 e. The molecule has 0 spiro atoms. The molecule has 1 aromatic heterocycles. The summed E-state index contributed by atoms with van der Waals surface area (Å²) in [5.41, 5.74) is 0.279. The highest BCUT2D eigenvalue weighted by Gasteiger charge is 2.21. The second-order valence-corrected chi connectivity index (χ2v) is 6.11. The summed E-state index contributed by atoms with van der Waals surface area (Å²) < 4.78 is 5.92. The normalized spacial score (nSPS) is 11.9. The van der Waals surface area contributed by atoms with Crippen molar-refractivity contribution < 1.29 is 14.3 Å². The van der Waals surface area contributed by atoms with E-state index < -0.39 is 17.9 Å². The highest BCUT2D eigenvalue weighted by molar-refractivity contribution is 7.98. The zero-order valence-electron chi connectivity index (χ0n) is 13.5. The molecule has 0 aliphatic rings. The number of amides is 1. The van der Waals surface area contributed by atoms with Crippen molar-refractivity contribution in [3.8, 4) is 0 Å². The van der Waals surface area contributed by atoms with Crippen molar-refractivity contribution in [2.75, 3.05) is 19.1 Å². The Kier molecular flexibility index (Phi) is 6.36. The number of aromatic nitrogens is 2. The van der Waals surface area contributed by atoms with Gasteiger partial charge in [-0.15, -0.1) is 0 Å². The number of nitrogens with zero attached hydrogens (tertiary/aromatic N) is 2. The van der Waals surface area contributed by atoms with Crippen LogP contribution in [0, 0.1) is 0 Å². The van der Waals surface area contributed by atoms with Gasteiger partial charge in [0.1, 0.15) is 12.6 Å². The molecule has 0 aliphatic carbocycles. The molecule has 2 aromatic rings. The molecular formula is C16H19N3O4S. The Labute approximate surface area is 143 Å². The fourth-order valence-electron chi connectivity index (χ4n) is 2.24. The molecule has 1 amide bonds. The molecule has 24 heavy (non-hydrogen) atoms. The van der Waals surface area contributed by atoms with Crippen LogP contribution in [0.1, 0.15) is 6.42 Å². The minimum absolute atomic E-state index is 0.205. The van der Waals surface area contributed by atoms with Crippen molar-refractivity contribution in [1.29, 1.82) is 0 Å². The number of ether oxygens (including phenoxy) is 1. The summed E-state index contributed by atoms with van der Waals surface area (Å²) in [5.74, 6) is -0.232. The van der Waals surface area contributed by atoms with E-state index in [2.05, 4.69) is 10.3 Å². The van der Waals surface area contributed by atoms with Gasteiger partial charge in [0.2, 0.25) is 5.91 Å². The predicted molar refractivity (Wildman–Crippen MR) is 92.9 cm³/mol. The van der Waals surface area contributed by atoms with E-state index in [4.69, 9.17) is 4.74 Å². The third kappa shape index (κ3) is 4.35. The number of hydrogen-bond donors (Lipinski definition) is 1. The molecule has 1 atom stereocenters. The highest BCUT2D eigenvalue weighted by Crippen LogP contribution is 2.05. The summed E-state index contributed by atoms with van der Waals surface area (Å²) in [6, 6.07) is 6.20. The Morgan fingerprint density at radius 1 is 1.38 bits per heavy atom. The molecular weight excluding hydrogens is 330 g/mol. The first-order valence-corrected chi connectivity index (χ1v) is 8.76. The Hall–Kier alpha value is -2.35. The quantitative estimate of drug-likeness (QED) is 0.744. The molecule has 0 bridgehead atoms. The molecule has 8 heteroatoms. The zero-order valence-corrected chi connectivity index (χ0v) is 14.3. The molecule has 0 fully saturated rings. The lowest BCUT2D eigenvalue weighted by Gasteiger charge is -2.16. The van der Waals surface area contributed by atoms with E-state index in [1.165, 1.54) is 18.0 Å². The Balaban J connectivity index is 2.12. The molecule has 128 valence electrons. The first-order chi connectivity index (χ1) is 11.6. The van der Waals surface area contributed by atoms with Crippen LogP contribution in [-0.4, -0.2) is 46.6 Å². The van der Waals surface area contributed by atoms with Gasteiger partial charge >= 0.3 is 5.97 Å². The number of esters is 1. The van der Waals surface area contributed by atoms with Gasteiger partial charge in [-0.25, -0.2) is 9.78 Å². The maximum absolute atomic E-state index is 12.4. The largest absolute Gasteiger partial charge is 0.467 e. The van der Waals surface area contributed by atoms with Gasteiger partial charge in [-0.2, -0.15) is 11.8 Å². The van der Waals surface area contributed by atoms with E-state index in [0.29, 0.717) is 23.1 Å². The molecule has 1 heterocycles. The number of methoxy groups -OCH3 is 1. The number of thioether (sulfide) groups is 1. The van der Waals surface area contributed by atoms with Gasteiger partial charge in [-0.05, 0) is 30.6 Å². The van der Waals surface area contributed by atoms with Crippen LogP contribution in [-0.2, 0) is 20.9 Å². The number of carbonyl (C=O) groups excluding carboxylic acids is 2. The number of carbonyl (C=O) groups is 2. The SMILES string of the molecule is COC(=O)[C@H](CCSC)NC(=O)Cn1cnc2ccccc2c1=O. The van der Waals surface area contributed by atoms with Crippen LogP contribution in [0.15, 0.2) is 35.4 Å². The molecule has 0 radical (unpaired) electrons. The number of benzene rings is 1. The molecule has 7 nitrogen and oxygen atoms in total. The van der Waals surface area contributed by atoms with Crippen molar-refractivity contribution >= 4 is 34.5 Å². The standard InChI is InChI=1S/C16H19N3O4S/c1-23-16(22)13(7-8-24-2)18-14(20)9-19-10-17-12-6-4-3-5-11(12)15(19)21/h3-6,10,13H,7-9H2,1-2H3,(H,18,20)/t13-/m0/s1. The van der Waals surface area contributed by atoms with Gasteiger partial charge in [0.25, 0.3) is 5.56 Å². The minimum Gasteiger partial charge on any atom is -0.467 e. The van der Waals surface area contributed by atoms with Gasteiger partial charge in [-0.3, -0.25) is 14.2 Å². The smallest absolute Gasteiger partial charge is 0.328 e. The van der Waals surface area contributed by atoms with E-state index in [1.54, 1.807) is 36.0 Å². The van der Waals surface area contributed by atoms with Crippen molar-refractivity contribution in [2.24, 2.45) is 0 Å². The van der Waals surface area contributed by atoms with Crippen molar-refractivity contribution in [2.45, 2.75) is 19.0 Å². The Morgan fingerprint density at radius 2 is 2.12 bits per heavy atom. The van der Waals surface area contributed by atoms with E-state index in [9.17, 15) is 14.4 Å². The first kappa shape index (κ1) is 18.0. The second kappa shape index (κ2) is 8.49. The summed E-state index contributed by atoms with van der Waals surface area (Å²) in [7, 11) is 1.28. The van der Waals surface area contributed by atoms with Crippen LogP contribution in [0.3, 0.4) is 0 Å². The van der Waals surface area contributed by atoms with Crippen molar-refractivity contribution in [3.05, 3.63) is 40.9 Å². The monoisotopic (exact) mass is 349 g/mol. The summed E-state index contributed by atoms with van der Waals surface area (Å²) >= 11 is 1.57. The van der Waals surface area contributed by atoms with E-state index in [1.807, 2.05) is 6.26 Å². The van der Waals surface area contributed by atoms with Crippen LogP contribution < -0.4 is 10.9 Å². The molecule has 2 rings (SSSR count). The number of rotatable bonds is 7. The number of para-hydroxylation sites is 1. The van der Waals surface area contributed by atoms with Crippen LogP contribution in [0.25, 0.3) is 10.9 Å². The van der Waals surface area contributed by atoms with Crippen LogP contribution in [0.5, 0.6) is 0 Å². The van der Waals surface area contributed by atoms with Gasteiger partial charge in [0.15, 0.2) is 0 Å². The van der Waals surface area contributed by atoms with Gasteiger partial charge < -0.3 is 10.1 Å². The fraction of sp³-hybridized carbons (Fsp3) is 0.375. The number of fused-ring (bicyclic) bond motifs is 1. The summed E-state index contributed by atoms with van der Waals surface area (Å²) in [5, 5.41) is 3.06. The van der Waals surface area contributed by atoms with Crippen LogP contribution in [0.2, 0.25) is 0 Å². The average Bonchev–Trinajstić information content (AvgIpc) is 2.60. The van der Waals surface area contributed by atoms with Gasteiger partial charge in [0.05, 0.1) is 24.3 Å². The third-order valence-corrected chi connectivity index (χ3v) is 4.12. The first-order valence-electron chi connectivity index (χ1n) is 7.37. The maximum atomic E-state index is 12.4. The fourth-order valence-corrected chi connectivity index (χ4v) is 2.71. The van der Waals surface area contributed by atoms with Gasteiger partial charge in [-0.1, -0.05) is 12.1 Å². The van der Waals surface area contributed by atoms with Crippen LogP contribution in [0.4, 0.5) is 0 Å². The van der Waals surface area contributed by atoms with Crippen LogP contribution >= 0.6 is 11.8 Å². The molecule has 0 unspecified atom stereocenters. The second-order valence-electron chi connectivity index (χ2n) is 5.12. The van der Waals surface area contributed by atoms with E-state index >= 15 is 0 Å². The Bertz CT molecular complexity index is 790. The van der Waals surface area contributed by atoms with Crippen molar-refractivity contribution in [3.63, 3.8) is 0 Å². The van der Waals surface area contributed by atoms with E-state index in [-0.39, 0.29) is 12.1 Å².